The molecule has 1 aromatic heterocycles. The summed E-state index contributed by atoms with van der Waals surface area (Å²) in [6.45, 7) is -0.684. The molecule has 2 heterocycles. The average molecular weight is 471 g/mol. The Bertz CT molecular complexity index is 1000. The second-order valence-corrected chi connectivity index (χ2v) is 7.41. The van der Waals surface area contributed by atoms with Crippen LogP contribution in [0.4, 0.5) is 14.6 Å². The lowest BCUT2D eigenvalue weighted by Crippen LogP contribution is -2.46. The molecular formula is C20H21ClF2N4O5. The zero-order valence-corrected chi connectivity index (χ0v) is 17.5. The molecule has 3 N–H and O–H groups in total. The van der Waals surface area contributed by atoms with Gasteiger partial charge < -0.3 is 25.2 Å². The van der Waals surface area contributed by atoms with Crippen molar-refractivity contribution in [3.05, 3.63) is 53.4 Å². The Morgan fingerprint density at radius 1 is 1.31 bits per heavy atom. The first-order valence-electron chi connectivity index (χ1n) is 9.61. The summed E-state index contributed by atoms with van der Waals surface area (Å²) in [4.78, 5) is 26.2. The second kappa shape index (κ2) is 10.5. The zero-order valence-electron chi connectivity index (χ0n) is 16.7. The van der Waals surface area contributed by atoms with E-state index < -0.39 is 43.4 Å². The molecule has 32 heavy (non-hydrogen) atoms. The zero-order chi connectivity index (χ0) is 23.3. The third-order valence-corrected chi connectivity index (χ3v) is 4.86. The van der Waals surface area contributed by atoms with Gasteiger partial charge >= 0.3 is 0 Å². The van der Waals surface area contributed by atoms with Crippen LogP contribution in [-0.2, 0) is 16.1 Å². The summed E-state index contributed by atoms with van der Waals surface area (Å²) in [5.41, 5.74) is 0. The van der Waals surface area contributed by atoms with E-state index in [1.54, 1.807) is 24.3 Å². The quantitative estimate of drug-likeness (QED) is 0.486. The van der Waals surface area contributed by atoms with Gasteiger partial charge in [0.25, 0.3) is 5.91 Å². The van der Waals surface area contributed by atoms with Crippen molar-refractivity contribution in [1.29, 1.82) is 0 Å². The van der Waals surface area contributed by atoms with Gasteiger partial charge in [0.2, 0.25) is 12.3 Å². The SMILES string of the molecule is O=C(Nc1ccn(CC(O)CO)n1)C(CC(F)F)N1CC(Oc2ccccc2Cl)=CC1=O. The van der Waals surface area contributed by atoms with Crippen molar-refractivity contribution < 1.29 is 33.3 Å². The van der Waals surface area contributed by atoms with E-state index >= 15 is 0 Å². The minimum absolute atomic E-state index is 0.0237. The highest BCUT2D eigenvalue weighted by molar-refractivity contribution is 6.32. The van der Waals surface area contributed by atoms with E-state index in [9.17, 15) is 23.5 Å². The number of hydrogen-bond acceptors (Lipinski definition) is 6. The third kappa shape index (κ3) is 6.02. The number of anilines is 1. The van der Waals surface area contributed by atoms with Crippen molar-refractivity contribution in [2.75, 3.05) is 18.5 Å². The van der Waals surface area contributed by atoms with Crippen molar-refractivity contribution >= 4 is 29.2 Å². The van der Waals surface area contributed by atoms with Crippen molar-refractivity contribution in [1.82, 2.24) is 14.7 Å². The molecule has 9 nitrogen and oxygen atoms in total. The van der Waals surface area contributed by atoms with Crippen LogP contribution in [0.5, 0.6) is 5.75 Å². The number of halogens is 3. The number of hydrogen-bond donors (Lipinski definition) is 3. The Balaban J connectivity index is 1.69. The van der Waals surface area contributed by atoms with E-state index in [2.05, 4.69) is 10.4 Å². The third-order valence-electron chi connectivity index (χ3n) is 4.55. The van der Waals surface area contributed by atoms with Gasteiger partial charge in [-0.05, 0) is 12.1 Å². The molecule has 172 valence electrons. The van der Waals surface area contributed by atoms with Crippen LogP contribution >= 0.6 is 11.6 Å². The monoisotopic (exact) mass is 470 g/mol. The lowest BCUT2D eigenvalue weighted by molar-refractivity contribution is -0.134. The molecule has 0 bridgehead atoms. The number of nitrogens with one attached hydrogen (secondary N) is 1. The molecule has 0 fully saturated rings. The first-order valence-corrected chi connectivity index (χ1v) is 9.99. The van der Waals surface area contributed by atoms with Gasteiger partial charge in [-0.1, -0.05) is 23.7 Å². The summed E-state index contributed by atoms with van der Waals surface area (Å²) in [5.74, 6) is -0.993. The van der Waals surface area contributed by atoms with Crippen LogP contribution in [-0.4, -0.2) is 68.4 Å². The molecule has 2 aromatic rings. The molecular weight excluding hydrogens is 450 g/mol. The Labute approximate surface area is 186 Å². The van der Waals surface area contributed by atoms with Gasteiger partial charge in [-0.2, -0.15) is 5.10 Å². The molecule has 1 aromatic carbocycles. The van der Waals surface area contributed by atoms with E-state index in [0.29, 0.717) is 10.8 Å². The minimum Gasteiger partial charge on any atom is -0.458 e. The van der Waals surface area contributed by atoms with Gasteiger partial charge in [-0.25, -0.2) is 8.78 Å². The first-order chi connectivity index (χ1) is 15.3. The van der Waals surface area contributed by atoms with Crippen LogP contribution < -0.4 is 10.1 Å². The van der Waals surface area contributed by atoms with Crippen LogP contribution in [0.2, 0.25) is 5.02 Å². The van der Waals surface area contributed by atoms with Crippen LogP contribution in [0.15, 0.2) is 48.4 Å². The Morgan fingerprint density at radius 3 is 2.75 bits per heavy atom. The topological polar surface area (TPSA) is 117 Å². The number of aromatic nitrogens is 2. The maximum absolute atomic E-state index is 13.2. The maximum Gasteiger partial charge on any atom is 0.251 e. The fourth-order valence-corrected chi connectivity index (χ4v) is 3.24. The summed E-state index contributed by atoms with van der Waals surface area (Å²) in [7, 11) is 0. The van der Waals surface area contributed by atoms with Crippen LogP contribution in [0.3, 0.4) is 0 Å². The molecule has 12 heteroatoms. The number of para-hydroxylation sites is 1. The van der Waals surface area contributed by atoms with Gasteiger partial charge in [0, 0.05) is 24.8 Å². The van der Waals surface area contributed by atoms with Crippen molar-refractivity contribution in [3.8, 4) is 5.75 Å². The molecule has 0 radical (unpaired) electrons. The number of carbonyl (C=O) groups is 2. The number of nitrogens with zero attached hydrogens (tertiary/aromatic N) is 3. The molecule has 2 unspecified atom stereocenters. The molecule has 0 saturated heterocycles. The van der Waals surface area contributed by atoms with E-state index in [1.165, 1.54) is 16.9 Å². The number of rotatable bonds is 10. The summed E-state index contributed by atoms with van der Waals surface area (Å²) in [6.07, 6.45) is -2.21. The average Bonchev–Trinajstić information content (AvgIpc) is 3.33. The van der Waals surface area contributed by atoms with Crippen LogP contribution in [0.25, 0.3) is 0 Å². The van der Waals surface area contributed by atoms with Crippen molar-refractivity contribution in [3.63, 3.8) is 0 Å². The van der Waals surface area contributed by atoms with Crippen molar-refractivity contribution in [2.45, 2.75) is 31.5 Å². The molecule has 1 aliphatic heterocycles. The van der Waals surface area contributed by atoms with E-state index in [4.69, 9.17) is 21.4 Å². The van der Waals surface area contributed by atoms with Gasteiger partial charge in [0.15, 0.2) is 5.82 Å². The number of benzene rings is 1. The molecule has 0 spiro atoms. The predicted molar refractivity (Wildman–Crippen MR) is 110 cm³/mol. The minimum atomic E-state index is -2.84. The molecule has 2 atom stereocenters. The number of carbonyl (C=O) groups excluding carboxylic acids is 2. The van der Waals surface area contributed by atoms with Gasteiger partial charge in [-0.3, -0.25) is 14.3 Å². The fraction of sp³-hybridized carbons (Fsp3) is 0.350. The maximum atomic E-state index is 13.2. The Hall–Kier alpha value is -3.02. The van der Waals surface area contributed by atoms with Crippen LogP contribution in [0, 0.1) is 0 Å². The highest BCUT2D eigenvalue weighted by atomic mass is 35.5. The highest BCUT2D eigenvalue weighted by Gasteiger charge is 2.36. The first kappa shape index (κ1) is 23.6. The molecule has 0 aliphatic carbocycles. The summed E-state index contributed by atoms with van der Waals surface area (Å²) < 4.78 is 33.3. The van der Waals surface area contributed by atoms with E-state index in [1.807, 2.05) is 0 Å². The molecule has 2 amide bonds. The lowest BCUT2D eigenvalue weighted by atomic mass is 10.1. The Kier molecular flexibility index (Phi) is 7.78. The van der Waals surface area contributed by atoms with Gasteiger partial charge in [-0.15, -0.1) is 0 Å². The van der Waals surface area contributed by atoms with Gasteiger partial charge in [0.05, 0.1) is 30.8 Å². The standard InChI is InChI=1S/C20H21ClF2N4O5/c21-14-3-1-2-4-16(14)32-13-7-19(30)27(10-13)15(8-17(22)23)20(31)24-18-5-6-26(25-18)9-12(29)11-28/h1-7,12,15,17,28-29H,8-11H2,(H,24,25,31). The Morgan fingerprint density at radius 2 is 2.06 bits per heavy atom. The number of alkyl halides is 2. The molecule has 0 saturated carbocycles. The summed E-state index contributed by atoms with van der Waals surface area (Å²) >= 11 is 6.04. The normalized spacial score (nSPS) is 15.6. The van der Waals surface area contributed by atoms with Gasteiger partial charge in [0.1, 0.15) is 17.6 Å². The number of aliphatic hydroxyl groups excluding tert-OH is 2. The second-order valence-electron chi connectivity index (χ2n) is 7.00. The smallest absolute Gasteiger partial charge is 0.251 e. The lowest BCUT2D eigenvalue weighted by Gasteiger charge is -2.26. The van der Waals surface area contributed by atoms with E-state index in [0.717, 1.165) is 11.0 Å². The van der Waals surface area contributed by atoms with Crippen molar-refractivity contribution in [2.24, 2.45) is 0 Å². The molecule has 1 aliphatic rings. The number of ether oxygens (including phenoxy) is 1. The fourth-order valence-electron chi connectivity index (χ4n) is 3.06. The number of aliphatic hydroxyl groups is 2. The van der Waals surface area contributed by atoms with E-state index in [-0.39, 0.29) is 24.7 Å². The molecule has 3 rings (SSSR count). The van der Waals surface area contributed by atoms with Crippen LogP contribution in [0.1, 0.15) is 6.42 Å². The largest absolute Gasteiger partial charge is 0.458 e. The number of amides is 2. The summed E-state index contributed by atoms with van der Waals surface area (Å²) in [6, 6.07) is 6.49. The highest BCUT2D eigenvalue weighted by Crippen LogP contribution is 2.28. The summed E-state index contributed by atoms with van der Waals surface area (Å²) in [5, 5.41) is 25.1. The predicted octanol–water partition coefficient (Wildman–Crippen LogP) is 1.66.